The highest BCUT2D eigenvalue weighted by Gasteiger charge is 2.27. The van der Waals surface area contributed by atoms with Gasteiger partial charge in [-0.3, -0.25) is 4.79 Å². The number of carbonyl (C=O) groups excluding carboxylic acids is 1. The number of Topliss-reactive ketones (excluding diaryl/α,β-unsaturated/α-hetero) is 1. The quantitative estimate of drug-likeness (QED) is 0.775. The third kappa shape index (κ3) is 3.08. The molecular formula is C14H17BrO3S. The van der Waals surface area contributed by atoms with Crippen LogP contribution in [0.1, 0.15) is 29.6 Å². The molecule has 1 saturated heterocycles. The van der Waals surface area contributed by atoms with Gasteiger partial charge in [-0.05, 0) is 46.7 Å². The molecule has 5 heteroatoms. The largest absolute Gasteiger partial charge is 0.495 e. The molecule has 0 amide bonds. The van der Waals surface area contributed by atoms with Gasteiger partial charge in [0.2, 0.25) is 0 Å². The molecule has 1 aliphatic heterocycles. The topological polar surface area (TPSA) is 35.5 Å². The molecule has 1 aromatic carbocycles. The van der Waals surface area contributed by atoms with Gasteiger partial charge in [0.25, 0.3) is 0 Å². The van der Waals surface area contributed by atoms with E-state index in [0.717, 1.165) is 18.6 Å². The first-order valence-electron chi connectivity index (χ1n) is 6.25. The van der Waals surface area contributed by atoms with Crippen LogP contribution in [0.2, 0.25) is 0 Å². The van der Waals surface area contributed by atoms with Gasteiger partial charge in [-0.15, -0.1) is 0 Å². The summed E-state index contributed by atoms with van der Waals surface area (Å²) in [7, 11) is 3.17. The molecule has 0 bridgehead atoms. The van der Waals surface area contributed by atoms with Crippen LogP contribution in [0.5, 0.6) is 11.5 Å². The van der Waals surface area contributed by atoms with Crippen molar-refractivity contribution in [1.82, 2.24) is 0 Å². The Labute approximate surface area is 126 Å². The fourth-order valence-corrected chi connectivity index (χ4v) is 4.15. The van der Waals surface area contributed by atoms with Crippen molar-refractivity contribution < 1.29 is 14.3 Å². The number of thioether (sulfide) groups is 1. The third-order valence-corrected chi connectivity index (χ3v) is 5.35. The van der Waals surface area contributed by atoms with Gasteiger partial charge in [0.15, 0.2) is 5.78 Å². The number of ether oxygens (including phenoxy) is 2. The van der Waals surface area contributed by atoms with Crippen molar-refractivity contribution >= 4 is 33.5 Å². The highest BCUT2D eigenvalue weighted by Crippen LogP contribution is 2.39. The van der Waals surface area contributed by atoms with Crippen LogP contribution in [0.15, 0.2) is 16.6 Å². The molecule has 1 fully saturated rings. The van der Waals surface area contributed by atoms with Crippen LogP contribution in [0.25, 0.3) is 0 Å². The van der Waals surface area contributed by atoms with E-state index in [9.17, 15) is 4.79 Å². The van der Waals surface area contributed by atoms with E-state index < -0.39 is 0 Å². The molecule has 0 N–H and O–H groups in total. The number of halogens is 1. The van der Waals surface area contributed by atoms with Gasteiger partial charge >= 0.3 is 0 Å². The normalized spacial score (nSPS) is 19.0. The van der Waals surface area contributed by atoms with Gasteiger partial charge in [-0.1, -0.05) is 6.42 Å². The second kappa shape index (κ2) is 6.66. The molecule has 0 radical (unpaired) electrons. The van der Waals surface area contributed by atoms with E-state index in [-0.39, 0.29) is 11.0 Å². The summed E-state index contributed by atoms with van der Waals surface area (Å²) in [5.74, 6) is 2.46. The number of ketones is 1. The van der Waals surface area contributed by atoms with Crippen LogP contribution in [0.4, 0.5) is 0 Å². The van der Waals surface area contributed by atoms with Gasteiger partial charge < -0.3 is 9.47 Å². The lowest BCUT2D eigenvalue weighted by molar-refractivity contribution is 0.0981. The molecule has 1 unspecified atom stereocenters. The maximum atomic E-state index is 12.6. The highest BCUT2D eigenvalue weighted by atomic mass is 79.9. The Kier molecular flexibility index (Phi) is 5.16. The van der Waals surface area contributed by atoms with E-state index in [1.165, 1.54) is 6.42 Å². The summed E-state index contributed by atoms with van der Waals surface area (Å²) in [6.45, 7) is 0. The van der Waals surface area contributed by atoms with Crippen molar-refractivity contribution in [2.24, 2.45) is 0 Å². The summed E-state index contributed by atoms with van der Waals surface area (Å²) in [6.07, 6.45) is 3.29. The first kappa shape index (κ1) is 14.7. The van der Waals surface area contributed by atoms with Crippen LogP contribution in [-0.4, -0.2) is 31.0 Å². The van der Waals surface area contributed by atoms with Gasteiger partial charge in [0.1, 0.15) is 16.0 Å². The summed E-state index contributed by atoms with van der Waals surface area (Å²) >= 11 is 5.19. The Morgan fingerprint density at radius 2 is 2.11 bits per heavy atom. The van der Waals surface area contributed by atoms with Crippen LogP contribution in [-0.2, 0) is 0 Å². The average Bonchev–Trinajstić information content (AvgIpc) is 2.47. The van der Waals surface area contributed by atoms with E-state index in [0.29, 0.717) is 21.5 Å². The second-order valence-electron chi connectivity index (χ2n) is 4.38. The Balaban J connectivity index is 2.33. The monoisotopic (exact) mass is 344 g/mol. The molecule has 2 rings (SSSR count). The number of carbonyl (C=O) groups is 1. The van der Waals surface area contributed by atoms with Gasteiger partial charge in [-0.25, -0.2) is 0 Å². The number of hydrogen-bond acceptors (Lipinski definition) is 4. The Morgan fingerprint density at radius 3 is 2.68 bits per heavy atom. The van der Waals surface area contributed by atoms with Crippen LogP contribution in [0, 0.1) is 0 Å². The number of hydrogen-bond donors (Lipinski definition) is 0. The first-order chi connectivity index (χ1) is 9.19. The minimum Gasteiger partial charge on any atom is -0.495 e. The molecule has 1 aliphatic rings. The van der Waals surface area contributed by atoms with Crippen molar-refractivity contribution in [2.75, 3.05) is 20.0 Å². The molecule has 19 heavy (non-hydrogen) atoms. The molecule has 1 aromatic rings. The van der Waals surface area contributed by atoms with E-state index in [4.69, 9.17) is 9.47 Å². The Bertz CT molecular complexity index is 470. The molecule has 0 aromatic heterocycles. The smallest absolute Gasteiger partial charge is 0.179 e. The predicted octanol–water partition coefficient (Wildman–Crippen LogP) is 3.93. The van der Waals surface area contributed by atoms with Crippen LogP contribution < -0.4 is 9.47 Å². The van der Waals surface area contributed by atoms with Crippen molar-refractivity contribution in [3.05, 3.63) is 22.2 Å². The van der Waals surface area contributed by atoms with Gasteiger partial charge in [0.05, 0.1) is 25.0 Å². The highest BCUT2D eigenvalue weighted by molar-refractivity contribution is 9.10. The number of rotatable bonds is 4. The maximum absolute atomic E-state index is 12.6. The summed E-state index contributed by atoms with van der Waals surface area (Å²) in [6, 6.07) is 3.59. The first-order valence-corrected chi connectivity index (χ1v) is 8.09. The minimum atomic E-state index is 0.0583. The lowest BCUT2D eigenvalue weighted by atomic mass is 10.0. The van der Waals surface area contributed by atoms with Crippen molar-refractivity contribution in [1.29, 1.82) is 0 Å². The van der Waals surface area contributed by atoms with Crippen LogP contribution >= 0.6 is 27.7 Å². The standard InChI is InChI=1S/C14H17BrO3S/c1-17-10-7-6-9(14(18-2)12(10)15)13(16)11-5-3-4-8-19-11/h6-7,11H,3-5,8H2,1-2H3. The maximum Gasteiger partial charge on any atom is 0.179 e. The van der Waals surface area contributed by atoms with Crippen molar-refractivity contribution in [2.45, 2.75) is 24.5 Å². The molecule has 0 saturated carbocycles. The SMILES string of the molecule is COc1ccc(C(=O)C2CCCCS2)c(OC)c1Br. The zero-order valence-electron chi connectivity index (χ0n) is 11.1. The van der Waals surface area contributed by atoms with Crippen molar-refractivity contribution in [3.8, 4) is 11.5 Å². The lowest BCUT2D eigenvalue weighted by Gasteiger charge is -2.21. The summed E-state index contributed by atoms with van der Waals surface area (Å²) < 4.78 is 11.3. The number of benzene rings is 1. The zero-order chi connectivity index (χ0) is 13.8. The van der Waals surface area contributed by atoms with E-state index in [1.54, 1.807) is 38.1 Å². The zero-order valence-corrected chi connectivity index (χ0v) is 13.5. The summed E-state index contributed by atoms with van der Waals surface area (Å²) in [5.41, 5.74) is 0.634. The Hall–Kier alpha value is -0.680. The number of methoxy groups -OCH3 is 2. The molecule has 104 valence electrons. The van der Waals surface area contributed by atoms with Gasteiger partial charge in [-0.2, -0.15) is 11.8 Å². The molecular weight excluding hydrogens is 328 g/mol. The third-order valence-electron chi connectivity index (χ3n) is 3.22. The van der Waals surface area contributed by atoms with E-state index >= 15 is 0 Å². The van der Waals surface area contributed by atoms with E-state index in [2.05, 4.69) is 15.9 Å². The molecule has 0 spiro atoms. The lowest BCUT2D eigenvalue weighted by Crippen LogP contribution is -2.21. The Morgan fingerprint density at radius 1 is 1.32 bits per heavy atom. The predicted molar refractivity (Wildman–Crippen MR) is 81.7 cm³/mol. The summed E-state index contributed by atoms with van der Waals surface area (Å²) in [4.78, 5) is 12.6. The van der Waals surface area contributed by atoms with Crippen molar-refractivity contribution in [3.63, 3.8) is 0 Å². The fourth-order valence-electron chi connectivity index (χ4n) is 2.21. The second-order valence-corrected chi connectivity index (χ2v) is 6.49. The molecule has 1 atom stereocenters. The molecule has 0 aliphatic carbocycles. The van der Waals surface area contributed by atoms with Gasteiger partial charge in [0, 0.05) is 0 Å². The fraction of sp³-hybridized carbons (Fsp3) is 0.500. The average molecular weight is 345 g/mol. The summed E-state index contributed by atoms with van der Waals surface area (Å²) in [5, 5.41) is 0.0583. The molecule has 1 heterocycles. The minimum absolute atomic E-state index is 0.0583. The van der Waals surface area contributed by atoms with Crippen LogP contribution in [0.3, 0.4) is 0 Å². The molecule has 3 nitrogen and oxygen atoms in total. The van der Waals surface area contributed by atoms with E-state index in [1.807, 2.05) is 0 Å².